The van der Waals surface area contributed by atoms with Gasteiger partial charge in [-0.25, -0.2) is 0 Å². The Morgan fingerprint density at radius 2 is 1.36 bits per heavy atom. The average molecular weight is 411 g/mol. The van der Waals surface area contributed by atoms with Gasteiger partial charge in [0, 0.05) is 17.3 Å². The first kappa shape index (κ1) is 21.4. The molecule has 1 aliphatic heterocycles. The summed E-state index contributed by atoms with van der Waals surface area (Å²) in [6.45, 7) is 0.799. The summed E-state index contributed by atoms with van der Waals surface area (Å²) in [6, 6.07) is 0.488. The smallest absolute Gasteiger partial charge is 0.108 e. The molecule has 162 valence electrons. The normalized spacial score (nSPS) is 47.5. The molecule has 0 aromatic heterocycles. The summed E-state index contributed by atoms with van der Waals surface area (Å²) >= 11 is 6.64. The van der Waals surface area contributed by atoms with Crippen LogP contribution in [0.4, 0.5) is 0 Å². The van der Waals surface area contributed by atoms with E-state index >= 15 is 0 Å². The Kier molecular flexibility index (Phi) is 7.63. The van der Waals surface area contributed by atoms with Gasteiger partial charge in [-0.1, -0.05) is 38.5 Å². The summed E-state index contributed by atoms with van der Waals surface area (Å²) in [7, 11) is 0. The molecule has 4 heteroatoms. The molecular weight excluding hydrogens is 368 g/mol. The number of halogens is 1. The lowest BCUT2D eigenvalue weighted by Crippen LogP contribution is -2.60. The zero-order valence-corrected chi connectivity index (χ0v) is 18.5. The van der Waals surface area contributed by atoms with E-state index in [9.17, 15) is 5.11 Å². The van der Waals surface area contributed by atoms with Crippen LogP contribution in [0, 0.1) is 35.5 Å². The number of alkyl halides is 1. The third-order valence-corrected chi connectivity index (χ3v) is 9.64. The average Bonchev–Trinajstić information content (AvgIpc) is 2.73. The summed E-state index contributed by atoms with van der Waals surface area (Å²) < 4.78 is 0. The topological polar surface area (TPSA) is 58.3 Å². The van der Waals surface area contributed by atoms with E-state index in [1.807, 2.05) is 0 Å². The van der Waals surface area contributed by atoms with Crippen LogP contribution in [0.2, 0.25) is 0 Å². The van der Waals surface area contributed by atoms with Crippen LogP contribution >= 0.6 is 11.6 Å². The number of piperidine rings is 1. The molecular formula is C24H43ClN2O. The summed E-state index contributed by atoms with van der Waals surface area (Å²) in [5.74, 6) is 3.80. The zero-order chi connectivity index (χ0) is 19.5. The molecule has 0 aromatic rings. The van der Waals surface area contributed by atoms with Crippen molar-refractivity contribution < 1.29 is 5.11 Å². The van der Waals surface area contributed by atoms with Crippen molar-refractivity contribution in [3.63, 3.8) is 0 Å². The number of rotatable bonds is 5. The predicted molar refractivity (Wildman–Crippen MR) is 117 cm³/mol. The van der Waals surface area contributed by atoms with Crippen LogP contribution in [0.15, 0.2) is 0 Å². The van der Waals surface area contributed by atoms with Gasteiger partial charge in [-0.15, -0.1) is 11.6 Å². The molecule has 28 heavy (non-hydrogen) atoms. The van der Waals surface area contributed by atoms with Gasteiger partial charge in [0.25, 0.3) is 0 Å². The Labute approximate surface area is 177 Å². The van der Waals surface area contributed by atoms with Crippen LogP contribution in [0.3, 0.4) is 0 Å². The second-order valence-corrected chi connectivity index (χ2v) is 11.1. The summed E-state index contributed by atoms with van der Waals surface area (Å²) in [6.07, 6.45) is 17.8. The molecule has 1 saturated heterocycles. The Hall–Kier alpha value is 0.170. The number of aliphatic hydroxyl groups excluding tert-OH is 1. The van der Waals surface area contributed by atoms with Crippen molar-refractivity contribution >= 4 is 11.6 Å². The van der Waals surface area contributed by atoms with Crippen molar-refractivity contribution in [2.24, 2.45) is 41.2 Å². The molecule has 0 bridgehead atoms. The lowest BCUT2D eigenvalue weighted by atomic mass is 9.58. The highest BCUT2D eigenvalue weighted by molar-refractivity contribution is 6.20. The van der Waals surface area contributed by atoms with Gasteiger partial charge in [0.2, 0.25) is 0 Å². The third kappa shape index (κ3) is 4.58. The van der Waals surface area contributed by atoms with Gasteiger partial charge in [-0.3, -0.25) is 5.32 Å². The Morgan fingerprint density at radius 3 is 2.07 bits per heavy atom. The number of hydrogen-bond acceptors (Lipinski definition) is 3. The Bertz CT molecular complexity index is 489. The second-order valence-electron chi connectivity index (χ2n) is 10.5. The monoisotopic (exact) mass is 410 g/mol. The van der Waals surface area contributed by atoms with Gasteiger partial charge in [0.05, 0.1) is 0 Å². The quantitative estimate of drug-likeness (QED) is 0.556. The molecule has 4 aliphatic rings. The van der Waals surface area contributed by atoms with Crippen LogP contribution < -0.4 is 11.1 Å². The first-order valence-electron chi connectivity index (χ1n) is 12.5. The number of nitrogens with one attached hydrogen (secondary N) is 1. The first-order valence-corrected chi connectivity index (χ1v) is 12.9. The number of hydrogen-bond donors (Lipinski definition) is 3. The Morgan fingerprint density at radius 1 is 0.750 bits per heavy atom. The fourth-order valence-corrected chi connectivity index (χ4v) is 8.03. The molecule has 4 fully saturated rings. The highest BCUT2D eigenvalue weighted by Crippen LogP contribution is 2.49. The van der Waals surface area contributed by atoms with Crippen molar-refractivity contribution in [1.29, 1.82) is 0 Å². The molecule has 0 amide bonds. The van der Waals surface area contributed by atoms with Crippen LogP contribution in [0.1, 0.15) is 89.9 Å². The zero-order valence-electron chi connectivity index (χ0n) is 17.7. The van der Waals surface area contributed by atoms with Gasteiger partial charge in [-0.05, 0) is 87.5 Å². The molecule has 0 radical (unpaired) electrons. The van der Waals surface area contributed by atoms with E-state index in [1.165, 1.54) is 89.9 Å². The summed E-state index contributed by atoms with van der Waals surface area (Å²) in [5.41, 5.74) is 6.17. The molecule has 4 rings (SSSR count). The molecule has 3 aliphatic carbocycles. The van der Waals surface area contributed by atoms with Gasteiger partial charge in [0.1, 0.15) is 6.23 Å². The molecule has 0 aromatic carbocycles. The number of aliphatic hydroxyl groups is 1. The van der Waals surface area contributed by atoms with E-state index in [0.29, 0.717) is 41.0 Å². The predicted octanol–water partition coefficient (Wildman–Crippen LogP) is 5.04. The van der Waals surface area contributed by atoms with Crippen LogP contribution in [-0.2, 0) is 0 Å². The summed E-state index contributed by atoms with van der Waals surface area (Å²) in [5, 5.41) is 15.4. The second kappa shape index (κ2) is 9.98. The lowest BCUT2D eigenvalue weighted by Gasteiger charge is -2.53. The van der Waals surface area contributed by atoms with E-state index in [2.05, 4.69) is 5.32 Å². The van der Waals surface area contributed by atoms with Crippen molar-refractivity contribution in [2.45, 2.75) is 108 Å². The van der Waals surface area contributed by atoms with E-state index in [-0.39, 0.29) is 6.23 Å². The lowest BCUT2D eigenvalue weighted by molar-refractivity contribution is -0.0951. The SMILES string of the molecule is NCC1CCCCC1C1C(O)NC(CCC2CCCCC2Cl)C2CCCCC21. The highest BCUT2D eigenvalue weighted by Gasteiger charge is 2.49. The molecule has 1 heterocycles. The maximum Gasteiger partial charge on any atom is 0.108 e. The van der Waals surface area contributed by atoms with Crippen LogP contribution in [0.25, 0.3) is 0 Å². The number of fused-ring (bicyclic) bond motifs is 1. The van der Waals surface area contributed by atoms with Crippen molar-refractivity contribution in [3.05, 3.63) is 0 Å². The number of nitrogens with two attached hydrogens (primary N) is 1. The van der Waals surface area contributed by atoms with Crippen molar-refractivity contribution in [1.82, 2.24) is 5.32 Å². The van der Waals surface area contributed by atoms with Gasteiger partial charge in [-0.2, -0.15) is 0 Å². The minimum Gasteiger partial charge on any atom is -0.378 e. The van der Waals surface area contributed by atoms with E-state index in [1.54, 1.807) is 0 Å². The standard InChI is InChI=1S/C24H43ClN2O/c25-21-12-6-2-7-16(21)13-14-22-19-10-4-5-11-20(19)23(24(28)27-22)18-9-3-1-8-17(18)15-26/h16-24,27-28H,1-15,26H2. The molecule has 4 N–H and O–H groups in total. The van der Waals surface area contributed by atoms with Crippen molar-refractivity contribution in [3.8, 4) is 0 Å². The fourth-order valence-electron chi connectivity index (χ4n) is 7.62. The van der Waals surface area contributed by atoms with E-state index in [4.69, 9.17) is 17.3 Å². The van der Waals surface area contributed by atoms with Crippen molar-refractivity contribution in [2.75, 3.05) is 6.54 Å². The van der Waals surface area contributed by atoms with Crippen LogP contribution in [0.5, 0.6) is 0 Å². The van der Waals surface area contributed by atoms with Gasteiger partial charge in [0.15, 0.2) is 0 Å². The van der Waals surface area contributed by atoms with E-state index < -0.39 is 0 Å². The van der Waals surface area contributed by atoms with E-state index in [0.717, 1.165) is 12.5 Å². The van der Waals surface area contributed by atoms with Crippen LogP contribution in [-0.4, -0.2) is 29.3 Å². The van der Waals surface area contributed by atoms with Gasteiger partial charge >= 0.3 is 0 Å². The fraction of sp³-hybridized carbons (Fsp3) is 1.00. The molecule has 3 nitrogen and oxygen atoms in total. The maximum atomic E-state index is 11.3. The highest BCUT2D eigenvalue weighted by atomic mass is 35.5. The third-order valence-electron chi connectivity index (χ3n) is 9.07. The minimum absolute atomic E-state index is 0.334. The Balaban J connectivity index is 1.44. The molecule has 3 saturated carbocycles. The molecule has 9 atom stereocenters. The molecule has 0 spiro atoms. The maximum absolute atomic E-state index is 11.3. The molecule has 9 unspecified atom stereocenters. The first-order chi connectivity index (χ1) is 13.7. The van der Waals surface area contributed by atoms with Gasteiger partial charge < -0.3 is 10.8 Å². The largest absolute Gasteiger partial charge is 0.378 e. The summed E-state index contributed by atoms with van der Waals surface area (Å²) in [4.78, 5) is 0. The minimum atomic E-state index is -0.334.